The third kappa shape index (κ3) is 18.6. The molecule has 9 aromatic heterocycles. The number of fused-ring (bicyclic) bond motifs is 9. The number of aryl methyl sites for hydroxylation is 1. The van der Waals surface area contributed by atoms with Crippen LogP contribution in [0.5, 0.6) is 23.0 Å². The molecule has 3 aliphatic rings. The second-order valence-corrected chi connectivity index (χ2v) is 31.0. The zero-order valence-electron chi connectivity index (χ0n) is 65.4. The molecule has 31 nitrogen and oxygen atoms in total. The smallest absolute Gasteiger partial charge is 0.226 e. The van der Waals surface area contributed by atoms with E-state index in [0.29, 0.717) is 119 Å². The van der Waals surface area contributed by atoms with Crippen LogP contribution in [0.1, 0.15) is 107 Å². The number of hydrogen-bond donors (Lipinski definition) is 6. The van der Waals surface area contributed by atoms with Crippen molar-refractivity contribution in [1.82, 2.24) is 88.1 Å². The van der Waals surface area contributed by atoms with E-state index in [-0.39, 0.29) is 97.9 Å². The second kappa shape index (κ2) is 33.3. The fourth-order valence-electron chi connectivity index (χ4n) is 14.6. The number of aromatic nitrogens is 18. The van der Waals surface area contributed by atoms with E-state index < -0.39 is 52.8 Å². The number of piperidine rings is 3. The Hall–Kier alpha value is -11.3. The minimum absolute atomic E-state index is 0.0727. The first kappa shape index (κ1) is 81.7. The topological polar surface area (TPSA) is 354 Å². The van der Waals surface area contributed by atoms with Crippen molar-refractivity contribution in [2.75, 3.05) is 105 Å². The Balaban J connectivity index is 0.000000149. The normalized spacial score (nSPS) is 18.2. The summed E-state index contributed by atoms with van der Waals surface area (Å²) >= 11 is 0.250. The summed E-state index contributed by atoms with van der Waals surface area (Å²) in [5.74, 6) is 0.793. The quantitative estimate of drug-likeness (QED) is 0.0410. The van der Waals surface area contributed by atoms with Crippen LogP contribution in [0.2, 0.25) is 0 Å². The lowest BCUT2D eigenvalue weighted by atomic mass is 9.96. The van der Waals surface area contributed by atoms with Crippen molar-refractivity contribution < 1.29 is 64.5 Å². The SMILES string of the molecule is COc1cc(F)cc2c1nc(N)n1nc(C3CC(F)CN(c4cnn(CC(C)(C)O)c4)C3)nc21.COc1cc(F)cc2c1nc(N)n1nc(C3CC(F)CN(c4cnn(CC(C)(C)O)c4)C3)nc21.COc1ccc(CNc2nc3c(OC)cc(F)cc3c3nc(C4CC(F)CN(c5cnn(CC(C)(C)O)c5)C4)nn23)c(C)c1.CSF. The van der Waals surface area contributed by atoms with Crippen LogP contribution < -0.4 is 50.4 Å². The molecule has 16 rings (SSSR count). The van der Waals surface area contributed by atoms with E-state index in [9.17, 15) is 41.2 Å². The predicted octanol–water partition coefficient (Wildman–Crippen LogP) is 10.5. The number of rotatable bonds is 19. The van der Waals surface area contributed by atoms with Crippen LogP contribution in [-0.4, -0.2) is 213 Å². The summed E-state index contributed by atoms with van der Waals surface area (Å²) in [6.45, 7) is 15.6. The summed E-state index contributed by atoms with van der Waals surface area (Å²) in [5.41, 5.74) is 16.0. The summed E-state index contributed by atoms with van der Waals surface area (Å²) in [4.78, 5) is 33.2. The van der Waals surface area contributed by atoms with E-state index in [1.54, 1.807) is 104 Å². The molecule has 12 heterocycles. The van der Waals surface area contributed by atoms with Gasteiger partial charge in [-0.05, 0) is 109 Å². The summed E-state index contributed by atoms with van der Waals surface area (Å²) in [6.07, 6.45) is 9.13. The maximum atomic E-state index is 15.2. The average molecular weight is 1620 g/mol. The van der Waals surface area contributed by atoms with Crippen LogP contribution in [0.3, 0.4) is 0 Å². The number of halogens is 7. The number of alkyl halides is 3. The molecule has 13 aromatic rings. The minimum Gasteiger partial charge on any atom is -0.497 e. The molecule has 0 bridgehead atoms. The number of aliphatic hydroxyl groups is 3. The number of anilines is 6. The van der Waals surface area contributed by atoms with Crippen LogP contribution in [0.4, 0.5) is 65.1 Å². The average Bonchev–Trinajstić information content (AvgIpc) is 1.65. The van der Waals surface area contributed by atoms with Gasteiger partial charge < -0.3 is 65.8 Å². The highest BCUT2D eigenvalue weighted by Gasteiger charge is 2.37. The molecule has 0 aliphatic carbocycles. The van der Waals surface area contributed by atoms with Gasteiger partial charge in [-0.25, -0.2) is 56.2 Å². The number of methoxy groups -OCH3 is 4. The number of nitrogens with two attached hydrogens (primary N) is 2. The Morgan fingerprint density at radius 1 is 0.487 bits per heavy atom. The van der Waals surface area contributed by atoms with Gasteiger partial charge in [0, 0.05) is 119 Å². The fraction of sp³-hybridized carbons (Fsp3) is 0.447. The van der Waals surface area contributed by atoms with E-state index in [1.807, 2.05) is 39.8 Å². The lowest BCUT2D eigenvalue weighted by Gasteiger charge is -2.34. The summed E-state index contributed by atoms with van der Waals surface area (Å²) in [6, 6.07) is 13.5. The number of ether oxygens (including phenoxy) is 4. The maximum Gasteiger partial charge on any atom is 0.226 e. The van der Waals surface area contributed by atoms with Crippen LogP contribution in [0, 0.1) is 24.4 Å². The number of benzene rings is 4. The van der Waals surface area contributed by atoms with E-state index in [1.165, 1.54) is 73.0 Å². The molecule has 0 spiro atoms. The largest absolute Gasteiger partial charge is 0.497 e. The lowest BCUT2D eigenvalue weighted by molar-refractivity contribution is 0.0571. The molecular formula is C76H91F7N24O7S. The molecule has 0 amide bonds. The van der Waals surface area contributed by atoms with Gasteiger partial charge in [0.05, 0.1) is 117 Å². The van der Waals surface area contributed by atoms with Gasteiger partial charge in [0.1, 0.15) is 75.5 Å². The Kier molecular flexibility index (Phi) is 23.6. The number of nitrogen functional groups attached to an aromatic ring is 2. The van der Waals surface area contributed by atoms with E-state index in [0.717, 1.165) is 33.9 Å². The summed E-state index contributed by atoms with van der Waals surface area (Å²) < 4.78 is 129. The number of nitrogens with zero attached hydrogens (tertiary/aromatic N) is 21. The molecule has 612 valence electrons. The molecule has 0 radical (unpaired) electrons. The molecule has 3 saturated heterocycles. The molecule has 0 saturated carbocycles. The lowest BCUT2D eigenvalue weighted by Crippen LogP contribution is -2.41. The van der Waals surface area contributed by atoms with E-state index >= 15 is 4.39 Å². The number of hydrogen-bond acceptors (Lipinski definition) is 26. The minimum atomic E-state index is -1.12. The van der Waals surface area contributed by atoms with Crippen molar-refractivity contribution >= 4 is 96.7 Å². The highest BCUT2D eigenvalue weighted by atomic mass is 32.2. The first-order valence-electron chi connectivity index (χ1n) is 36.9. The summed E-state index contributed by atoms with van der Waals surface area (Å²) in [5, 5.41) is 61.6. The van der Waals surface area contributed by atoms with Gasteiger partial charge in [-0.3, -0.25) is 14.0 Å². The van der Waals surface area contributed by atoms with Crippen molar-refractivity contribution in [1.29, 1.82) is 0 Å². The zero-order valence-corrected chi connectivity index (χ0v) is 66.2. The van der Waals surface area contributed by atoms with E-state index in [4.69, 9.17) is 45.5 Å². The Bertz CT molecular complexity index is 5440. The molecule has 3 aliphatic heterocycles. The molecule has 3 fully saturated rings. The van der Waals surface area contributed by atoms with Gasteiger partial charge in [0.15, 0.2) is 34.4 Å². The van der Waals surface area contributed by atoms with Gasteiger partial charge in [-0.15, -0.1) is 15.3 Å². The van der Waals surface area contributed by atoms with Gasteiger partial charge >= 0.3 is 0 Å². The Labute approximate surface area is 659 Å². The Morgan fingerprint density at radius 3 is 1.16 bits per heavy atom. The van der Waals surface area contributed by atoms with Crippen molar-refractivity contribution in [3.05, 3.63) is 138 Å². The molecule has 6 atom stereocenters. The second-order valence-electron chi connectivity index (χ2n) is 30.7. The van der Waals surface area contributed by atoms with Gasteiger partial charge in [0.25, 0.3) is 0 Å². The van der Waals surface area contributed by atoms with Crippen LogP contribution in [0.25, 0.3) is 49.7 Å². The molecular weight excluding hydrogens is 1530 g/mol. The van der Waals surface area contributed by atoms with E-state index in [2.05, 4.69) is 50.7 Å². The molecule has 115 heavy (non-hydrogen) atoms. The first-order chi connectivity index (χ1) is 54.6. The predicted molar refractivity (Wildman–Crippen MR) is 422 cm³/mol. The highest BCUT2D eigenvalue weighted by Crippen LogP contribution is 2.39. The van der Waals surface area contributed by atoms with Gasteiger partial charge in [-0.1, -0.05) is 6.07 Å². The van der Waals surface area contributed by atoms with Crippen LogP contribution in [0.15, 0.2) is 91.8 Å². The maximum absolute atomic E-state index is 15.2. The third-order valence-corrected chi connectivity index (χ3v) is 19.6. The summed E-state index contributed by atoms with van der Waals surface area (Å²) in [7, 11) is 5.94. The molecule has 8 N–H and O–H groups in total. The van der Waals surface area contributed by atoms with Crippen LogP contribution in [-0.2, 0) is 26.2 Å². The van der Waals surface area contributed by atoms with Crippen molar-refractivity contribution in [3.63, 3.8) is 0 Å². The fourth-order valence-corrected chi connectivity index (χ4v) is 14.6. The highest BCUT2D eigenvalue weighted by molar-refractivity contribution is 7.93. The zero-order chi connectivity index (χ0) is 82.3. The third-order valence-electron chi connectivity index (χ3n) is 19.6. The molecule has 4 aromatic carbocycles. The molecule has 39 heteroatoms. The van der Waals surface area contributed by atoms with Crippen molar-refractivity contribution in [3.8, 4) is 23.0 Å². The standard InChI is InChI=1S/C31H36F2N8O3.2C22H26F2N8O2.CH3FS/c1-18-8-24(43-4)7-6-19(18)12-34-30-36-27-25(10-21(32)11-26(27)44-5)29-37-28(38-41(29)30)20-9-22(33)15-39(14-20)23-13-35-40(16-23)17-31(2,3)42;2*1-22(2,33)11-31-10-15(7-26-31)30-8-12(4-14(24)9-30)19-28-20-16-5-13(23)6-17(34-3)18(16)27-21(25)32(20)29-19;1-3-2/h6-8,10-11,13,16,20,22,42H,9,12,14-15,17H2,1-5H3,(H,34,36);2*5-7,10,12,14,33H,4,8-9,11H2,1-3H3,(H2,25,27);1H3. The Morgan fingerprint density at radius 2 is 0.826 bits per heavy atom. The van der Waals surface area contributed by atoms with Crippen molar-refractivity contribution in [2.45, 2.75) is 147 Å². The van der Waals surface area contributed by atoms with Crippen molar-refractivity contribution in [2.24, 2.45) is 0 Å². The van der Waals surface area contributed by atoms with Crippen LogP contribution >= 0.6 is 12.1 Å². The monoisotopic (exact) mass is 1620 g/mol. The first-order valence-corrected chi connectivity index (χ1v) is 38.0. The van der Waals surface area contributed by atoms with Gasteiger partial charge in [0.2, 0.25) is 17.8 Å². The number of nitrogens with one attached hydrogen (secondary N) is 1. The van der Waals surface area contributed by atoms with Gasteiger partial charge in [-0.2, -0.15) is 32.7 Å². The molecule has 6 unspecified atom stereocenters.